The van der Waals surface area contributed by atoms with Crippen LogP contribution >= 0.6 is 0 Å². The van der Waals surface area contributed by atoms with Crippen molar-refractivity contribution in [3.63, 3.8) is 0 Å². The normalized spacial score (nSPS) is 12.4. The summed E-state index contributed by atoms with van der Waals surface area (Å²) < 4.78 is 10.5. The Hall–Kier alpha value is -1.62. The van der Waals surface area contributed by atoms with Crippen LogP contribution in [0.25, 0.3) is 0 Å². The number of carbonyl (C=O) groups is 2. The van der Waals surface area contributed by atoms with Gasteiger partial charge >= 0.3 is 11.9 Å². The van der Waals surface area contributed by atoms with Crippen LogP contribution in [0.4, 0.5) is 0 Å². The largest absolute Gasteiger partial charge is 0.462 e. The van der Waals surface area contributed by atoms with Gasteiger partial charge in [0.1, 0.15) is 6.61 Å². The molecule has 0 spiro atoms. The number of allylic oxidation sites excluding steroid dienone is 4. The van der Waals surface area contributed by atoms with E-state index in [0.717, 1.165) is 38.5 Å². The molecule has 228 valence electrons. The highest BCUT2D eigenvalue weighted by Gasteiger charge is 2.16. The first kappa shape index (κ1) is 37.4. The third-order valence-corrected chi connectivity index (χ3v) is 6.97. The fourth-order valence-electron chi connectivity index (χ4n) is 4.41. The molecule has 0 aromatic heterocycles. The molecule has 0 rings (SSSR count). The van der Waals surface area contributed by atoms with Crippen molar-refractivity contribution in [2.24, 2.45) is 0 Å². The molecule has 1 atom stereocenters. The number of hydrogen-bond donors (Lipinski definition) is 1. The second-order valence-electron chi connectivity index (χ2n) is 10.9. The molecular formula is C34H62O5. The fraction of sp³-hybridized carbons (Fsp3) is 0.824. The summed E-state index contributed by atoms with van der Waals surface area (Å²) in [6, 6.07) is 0. The Labute approximate surface area is 241 Å². The molecule has 0 aromatic rings. The van der Waals surface area contributed by atoms with Gasteiger partial charge in [0.25, 0.3) is 0 Å². The van der Waals surface area contributed by atoms with Gasteiger partial charge in [-0.3, -0.25) is 9.59 Å². The second kappa shape index (κ2) is 30.9. The van der Waals surface area contributed by atoms with E-state index in [1.54, 1.807) is 0 Å². The Kier molecular flexibility index (Phi) is 29.6. The number of rotatable bonds is 29. The zero-order chi connectivity index (χ0) is 28.7. The van der Waals surface area contributed by atoms with E-state index in [9.17, 15) is 14.7 Å². The second-order valence-corrected chi connectivity index (χ2v) is 10.9. The van der Waals surface area contributed by atoms with E-state index in [4.69, 9.17) is 9.47 Å². The predicted octanol–water partition coefficient (Wildman–Crippen LogP) is 9.56. The summed E-state index contributed by atoms with van der Waals surface area (Å²) in [5.41, 5.74) is 0. The van der Waals surface area contributed by atoms with Gasteiger partial charge in [0.05, 0.1) is 6.61 Å². The van der Waals surface area contributed by atoms with Crippen LogP contribution in [0, 0.1) is 0 Å². The highest BCUT2D eigenvalue weighted by molar-refractivity contribution is 5.70. The lowest BCUT2D eigenvalue weighted by Crippen LogP contribution is -2.28. The highest BCUT2D eigenvalue weighted by atomic mass is 16.6. The van der Waals surface area contributed by atoms with E-state index in [1.807, 2.05) is 0 Å². The summed E-state index contributed by atoms with van der Waals surface area (Å²) in [4.78, 5) is 24.1. The highest BCUT2D eigenvalue weighted by Crippen LogP contribution is 2.12. The number of aliphatic hydroxyl groups is 1. The summed E-state index contributed by atoms with van der Waals surface area (Å²) in [6.07, 6.45) is 33.7. The minimum atomic E-state index is -0.771. The van der Waals surface area contributed by atoms with Crippen LogP contribution in [-0.4, -0.2) is 36.4 Å². The molecule has 0 saturated heterocycles. The SMILES string of the molecule is CCCC/C=C\CCCCCCCCC(=O)OC[C@H](CO)OC(=O)CCCCCCCC/C=C/CCCCC. The van der Waals surface area contributed by atoms with Crippen LogP contribution in [0.2, 0.25) is 0 Å². The molecule has 0 saturated carbocycles. The lowest BCUT2D eigenvalue weighted by Gasteiger charge is -2.15. The summed E-state index contributed by atoms with van der Waals surface area (Å²) in [5.74, 6) is -0.608. The quantitative estimate of drug-likeness (QED) is 0.0570. The Morgan fingerprint density at radius 1 is 0.564 bits per heavy atom. The maximum absolute atomic E-state index is 12.1. The predicted molar refractivity (Wildman–Crippen MR) is 164 cm³/mol. The summed E-state index contributed by atoms with van der Waals surface area (Å²) >= 11 is 0. The van der Waals surface area contributed by atoms with Crippen molar-refractivity contribution in [1.82, 2.24) is 0 Å². The van der Waals surface area contributed by atoms with Gasteiger partial charge in [-0.25, -0.2) is 0 Å². The van der Waals surface area contributed by atoms with Gasteiger partial charge in [-0.15, -0.1) is 0 Å². The molecule has 0 bridgehead atoms. The summed E-state index contributed by atoms with van der Waals surface area (Å²) in [5, 5.41) is 9.48. The number of unbranched alkanes of at least 4 members (excludes halogenated alkanes) is 17. The van der Waals surface area contributed by atoms with Gasteiger partial charge in [-0.05, 0) is 57.8 Å². The monoisotopic (exact) mass is 550 g/mol. The Bertz CT molecular complexity index is 598. The molecule has 0 unspecified atom stereocenters. The first-order valence-electron chi connectivity index (χ1n) is 16.4. The van der Waals surface area contributed by atoms with E-state index >= 15 is 0 Å². The van der Waals surface area contributed by atoms with Gasteiger partial charge < -0.3 is 14.6 Å². The minimum absolute atomic E-state index is 0.0695. The van der Waals surface area contributed by atoms with Crippen LogP contribution in [-0.2, 0) is 19.1 Å². The molecule has 5 heteroatoms. The average Bonchev–Trinajstić information content (AvgIpc) is 2.94. The number of esters is 2. The van der Waals surface area contributed by atoms with Gasteiger partial charge in [0, 0.05) is 12.8 Å². The number of aliphatic hydroxyl groups excluding tert-OH is 1. The van der Waals surface area contributed by atoms with Crippen molar-refractivity contribution in [2.75, 3.05) is 13.2 Å². The van der Waals surface area contributed by atoms with Gasteiger partial charge in [-0.1, -0.05) is 115 Å². The van der Waals surface area contributed by atoms with Crippen molar-refractivity contribution < 1.29 is 24.2 Å². The van der Waals surface area contributed by atoms with Gasteiger partial charge in [0.2, 0.25) is 0 Å². The van der Waals surface area contributed by atoms with Crippen molar-refractivity contribution in [3.05, 3.63) is 24.3 Å². The number of carbonyl (C=O) groups excluding carboxylic acids is 2. The number of ether oxygens (including phenoxy) is 2. The summed E-state index contributed by atoms with van der Waals surface area (Å²) in [6.45, 7) is 4.05. The van der Waals surface area contributed by atoms with Crippen LogP contribution in [0.3, 0.4) is 0 Å². The van der Waals surface area contributed by atoms with Crippen molar-refractivity contribution in [1.29, 1.82) is 0 Å². The molecule has 0 radical (unpaired) electrons. The Morgan fingerprint density at radius 3 is 1.46 bits per heavy atom. The van der Waals surface area contributed by atoms with Crippen molar-refractivity contribution in [2.45, 2.75) is 168 Å². The molecule has 5 nitrogen and oxygen atoms in total. The topological polar surface area (TPSA) is 72.8 Å². The lowest BCUT2D eigenvalue weighted by molar-refractivity contribution is -0.161. The van der Waals surface area contributed by atoms with Crippen LogP contribution in [0.5, 0.6) is 0 Å². The third kappa shape index (κ3) is 29.2. The third-order valence-electron chi connectivity index (χ3n) is 6.97. The molecule has 0 aliphatic carbocycles. The zero-order valence-electron chi connectivity index (χ0n) is 25.6. The Morgan fingerprint density at radius 2 is 0.974 bits per heavy atom. The molecule has 0 heterocycles. The number of hydrogen-bond acceptors (Lipinski definition) is 5. The standard InChI is InChI=1S/C34H62O5/c1-3-5-7-9-11-13-15-17-19-21-23-25-27-29-34(37)39-32(30-35)31-38-33(36)28-26-24-22-20-18-16-14-12-10-8-6-4-2/h10-13,32,35H,3-9,14-31H2,1-2H3/b12-10-,13-11+/t32-/m0/s1. The molecule has 0 aliphatic heterocycles. The van der Waals surface area contributed by atoms with Crippen LogP contribution < -0.4 is 0 Å². The molecule has 39 heavy (non-hydrogen) atoms. The van der Waals surface area contributed by atoms with E-state index < -0.39 is 6.10 Å². The van der Waals surface area contributed by atoms with E-state index in [1.165, 1.54) is 96.3 Å². The van der Waals surface area contributed by atoms with Crippen molar-refractivity contribution in [3.8, 4) is 0 Å². The van der Waals surface area contributed by atoms with Crippen molar-refractivity contribution >= 4 is 11.9 Å². The molecule has 0 aliphatic rings. The molecule has 0 aromatic carbocycles. The van der Waals surface area contributed by atoms with Crippen LogP contribution in [0.15, 0.2) is 24.3 Å². The fourth-order valence-corrected chi connectivity index (χ4v) is 4.41. The minimum Gasteiger partial charge on any atom is -0.462 e. The van der Waals surface area contributed by atoms with E-state index in [-0.39, 0.29) is 25.2 Å². The maximum atomic E-state index is 12.1. The first-order valence-corrected chi connectivity index (χ1v) is 16.4. The summed E-state index contributed by atoms with van der Waals surface area (Å²) in [7, 11) is 0. The van der Waals surface area contributed by atoms with Crippen LogP contribution in [0.1, 0.15) is 162 Å². The lowest BCUT2D eigenvalue weighted by atomic mass is 10.1. The molecule has 1 N–H and O–H groups in total. The average molecular weight is 551 g/mol. The smallest absolute Gasteiger partial charge is 0.306 e. The molecule has 0 fully saturated rings. The van der Waals surface area contributed by atoms with E-state index in [0.29, 0.717) is 12.8 Å². The Balaban J connectivity index is 3.60. The molecular weight excluding hydrogens is 488 g/mol. The van der Waals surface area contributed by atoms with E-state index in [2.05, 4.69) is 38.2 Å². The molecule has 0 amide bonds. The van der Waals surface area contributed by atoms with Gasteiger partial charge in [-0.2, -0.15) is 0 Å². The zero-order valence-corrected chi connectivity index (χ0v) is 25.6. The maximum Gasteiger partial charge on any atom is 0.306 e. The van der Waals surface area contributed by atoms with Gasteiger partial charge in [0.15, 0.2) is 6.10 Å². The first-order chi connectivity index (χ1) is 19.1.